The van der Waals surface area contributed by atoms with Crippen LogP contribution in [0.5, 0.6) is 0 Å². The smallest absolute Gasteiger partial charge is 0.338 e. The third-order valence-electron chi connectivity index (χ3n) is 4.51. The van der Waals surface area contributed by atoms with Crippen molar-refractivity contribution in [3.05, 3.63) is 83.9 Å². The number of methoxy groups -OCH3 is 1. The molecule has 0 bridgehead atoms. The van der Waals surface area contributed by atoms with Gasteiger partial charge < -0.3 is 4.74 Å². The SMILES string of the molecule is COC(=O)c1ccccc1SCc1ccc(-n2c(C)nc3cnccc32)cc1. The molecule has 2 heterocycles. The molecule has 28 heavy (non-hydrogen) atoms. The number of ether oxygens (including phenoxy) is 1. The zero-order chi connectivity index (χ0) is 19.5. The van der Waals surface area contributed by atoms with Crippen LogP contribution in [0.4, 0.5) is 0 Å². The topological polar surface area (TPSA) is 57.0 Å². The van der Waals surface area contributed by atoms with Gasteiger partial charge in [0.05, 0.1) is 24.4 Å². The Balaban J connectivity index is 1.55. The number of rotatable bonds is 5. The molecule has 0 radical (unpaired) electrons. The van der Waals surface area contributed by atoms with Gasteiger partial charge in [-0.05, 0) is 42.8 Å². The highest BCUT2D eigenvalue weighted by Gasteiger charge is 2.12. The molecule has 0 aliphatic carbocycles. The molecular formula is C22H19N3O2S. The van der Waals surface area contributed by atoms with Crippen LogP contribution in [-0.2, 0) is 10.5 Å². The number of thioether (sulfide) groups is 1. The van der Waals surface area contributed by atoms with Crippen LogP contribution in [0.2, 0.25) is 0 Å². The molecule has 4 aromatic rings. The van der Waals surface area contributed by atoms with E-state index >= 15 is 0 Å². The van der Waals surface area contributed by atoms with Crippen LogP contribution >= 0.6 is 11.8 Å². The Kier molecular flexibility index (Phi) is 5.12. The molecule has 2 aromatic carbocycles. The van der Waals surface area contributed by atoms with Crippen molar-refractivity contribution in [3.63, 3.8) is 0 Å². The predicted octanol–water partition coefficient (Wildman–Crippen LogP) is 4.81. The Hall–Kier alpha value is -3.12. The van der Waals surface area contributed by atoms with Crippen molar-refractivity contribution in [2.24, 2.45) is 0 Å². The molecule has 0 fully saturated rings. The Morgan fingerprint density at radius 1 is 1.11 bits per heavy atom. The Morgan fingerprint density at radius 3 is 2.68 bits per heavy atom. The van der Waals surface area contributed by atoms with E-state index in [0.29, 0.717) is 5.56 Å². The Labute approximate surface area is 167 Å². The second-order valence-corrected chi connectivity index (χ2v) is 7.32. The number of esters is 1. The quantitative estimate of drug-likeness (QED) is 0.362. The summed E-state index contributed by atoms with van der Waals surface area (Å²) in [7, 11) is 1.40. The zero-order valence-corrected chi connectivity index (χ0v) is 16.4. The van der Waals surface area contributed by atoms with Gasteiger partial charge in [-0.1, -0.05) is 24.3 Å². The lowest BCUT2D eigenvalue weighted by Gasteiger charge is -2.10. The van der Waals surface area contributed by atoms with Gasteiger partial charge in [0.15, 0.2) is 0 Å². The molecule has 0 saturated heterocycles. The lowest BCUT2D eigenvalue weighted by Crippen LogP contribution is -2.02. The van der Waals surface area contributed by atoms with E-state index in [-0.39, 0.29) is 5.97 Å². The average Bonchev–Trinajstić information content (AvgIpc) is 3.08. The van der Waals surface area contributed by atoms with Crippen molar-refractivity contribution in [3.8, 4) is 5.69 Å². The molecule has 0 aliphatic rings. The number of benzene rings is 2. The summed E-state index contributed by atoms with van der Waals surface area (Å²) in [6.45, 7) is 1.99. The van der Waals surface area contributed by atoms with Crippen molar-refractivity contribution in [1.82, 2.24) is 14.5 Å². The van der Waals surface area contributed by atoms with E-state index in [1.807, 2.05) is 31.2 Å². The first kappa shape index (κ1) is 18.3. The van der Waals surface area contributed by atoms with Gasteiger partial charge in [0.1, 0.15) is 11.3 Å². The van der Waals surface area contributed by atoms with Gasteiger partial charge in [-0.15, -0.1) is 11.8 Å². The maximum absolute atomic E-state index is 11.9. The zero-order valence-electron chi connectivity index (χ0n) is 15.6. The fourth-order valence-electron chi connectivity index (χ4n) is 3.15. The molecule has 5 nitrogen and oxygen atoms in total. The highest BCUT2D eigenvalue weighted by Crippen LogP contribution is 2.28. The van der Waals surface area contributed by atoms with Crippen LogP contribution in [0.3, 0.4) is 0 Å². The normalized spacial score (nSPS) is 10.9. The first-order valence-electron chi connectivity index (χ1n) is 8.86. The number of fused-ring (bicyclic) bond motifs is 1. The van der Waals surface area contributed by atoms with Crippen LogP contribution in [0.1, 0.15) is 21.7 Å². The molecule has 0 N–H and O–H groups in total. The minimum Gasteiger partial charge on any atom is -0.465 e. The largest absolute Gasteiger partial charge is 0.465 e. The number of nitrogens with zero attached hydrogens (tertiary/aromatic N) is 3. The molecule has 0 unspecified atom stereocenters. The van der Waals surface area contributed by atoms with Gasteiger partial charge in [0, 0.05) is 22.5 Å². The molecule has 0 amide bonds. The number of carbonyl (C=O) groups is 1. The van der Waals surface area contributed by atoms with Crippen LogP contribution < -0.4 is 0 Å². The molecule has 2 aromatic heterocycles. The Bertz CT molecular complexity index is 1140. The monoisotopic (exact) mass is 389 g/mol. The number of imidazole rings is 1. The summed E-state index contributed by atoms with van der Waals surface area (Å²) in [6, 6.07) is 17.9. The summed E-state index contributed by atoms with van der Waals surface area (Å²) in [5.74, 6) is 1.38. The Morgan fingerprint density at radius 2 is 1.89 bits per heavy atom. The fraction of sp³-hybridized carbons (Fsp3) is 0.136. The molecule has 4 rings (SSSR count). The fourth-order valence-corrected chi connectivity index (χ4v) is 4.15. The van der Waals surface area contributed by atoms with Gasteiger partial charge in [0.25, 0.3) is 0 Å². The number of aromatic nitrogens is 3. The summed E-state index contributed by atoms with van der Waals surface area (Å²) in [5.41, 5.74) is 4.77. The maximum atomic E-state index is 11.9. The van der Waals surface area contributed by atoms with Gasteiger partial charge >= 0.3 is 5.97 Å². The van der Waals surface area contributed by atoms with Crippen molar-refractivity contribution >= 4 is 28.8 Å². The van der Waals surface area contributed by atoms with E-state index in [4.69, 9.17) is 4.74 Å². The standard InChI is InChI=1S/C22H19N3O2S/c1-15-24-19-13-23-12-11-20(19)25(15)17-9-7-16(8-10-17)14-28-21-6-4-3-5-18(21)22(26)27-2/h3-13H,14H2,1-2H3. The second-order valence-electron chi connectivity index (χ2n) is 6.30. The lowest BCUT2D eigenvalue weighted by atomic mass is 10.2. The van der Waals surface area contributed by atoms with E-state index in [9.17, 15) is 4.79 Å². The first-order valence-corrected chi connectivity index (χ1v) is 9.84. The van der Waals surface area contributed by atoms with Crippen LogP contribution in [0.15, 0.2) is 71.9 Å². The summed E-state index contributed by atoms with van der Waals surface area (Å²) < 4.78 is 6.99. The van der Waals surface area contributed by atoms with E-state index < -0.39 is 0 Å². The van der Waals surface area contributed by atoms with Crippen LogP contribution in [0, 0.1) is 6.92 Å². The third-order valence-corrected chi connectivity index (χ3v) is 5.65. The third kappa shape index (κ3) is 3.51. The number of pyridine rings is 1. The minimum atomic E-state index is -0.310. The molecule has 0 spiro atoms. The van der Waals surface area contributed by atoms with Gasteiger partial charge in [-0.3, -0.25) is 9.55 Å². The van der Waals surface area contributed by atoms with E-state index in [1.54, 1.807) is 30.2 Å². The highest BCUT2D eigenvalue weighted by molar-refractivity contribution is 7.98. The average molecular weight is 389 g/mol. The first-order chi connectivity index (χ1) is 13.7. The molecule has 0 aliphatic heterocycles. The molecule has 140 valence electrons. The minimum absolute atomic E-state index is 0.310. The number of carbonyl (C=O) groups excluding carboxylic acids is 1. The summed E-state index contributed by atoms with van der Waals surface area (Å²) in [6.07, 6.45) is 3.56. The second kappa shape index (κ2) is 7.86. The number of hydrogen-bond donors (Lipinski definition) is 0. The van der Waals surface area contributed by atoms with Crippen molar-refractivity contribution in [2.75, 3.05) is 7.11 Å². The summed E-state index contributed by atoms with van der Waals surface area (Å²) in [4.78, 5) is 21.5. The summed E-state index contributed by atoms with van der Waals surface area (Å²) >= 11 is 1.62. The van der Waals surface area contributed by atoms with E-state index in [0.717, 1.165) is 33.2 Å². The molecule has 0 atom stereocenters. The van der Waals surface area contributed by atoms with Gasteiger partial charge in [-0.2, -0.15) is 0 Å². The molecule has 6 heteroatoms. The predicted molar refractivity (Wildman–Crippen MR) is 111 cm³/mol. The van der Waals surface area contributed by atoms with Crippen molar-refractivity contribution in [1.29, 1.82) is 0 Å². The highest BCUT2D eigenvalue weighted by atomic mass is 32.2. The van der Waals surface area contributed by atoms with Crippen LogP contribution in [-0.4, -0.2) is 27.6 Å². The maximum Gasteiger partial charge on any atom is 0.338 e. The number of hydrogen-bond acceptors (Lipinski definition) is 5. The van der Waals surface area contributed by atoms with Gasteiger partial charge in [0.2, 0.25) is 0 Å². The van der Waals surface area contributed by atoms with E-state index in [2.05, 4.69) is 38.8 Å². The van der Waals surface area contributed by atoms with Crippen LogP contribution in [0.25, 0.3) is 16.7 Å². The van der Waals surface area contributed by atoms with E-state index in [1.165, 1.54) is 12.7 Å². The lowest BCUT2D eigenvalue weighted by molar-refractivity contribution is 0.0597. The van der Waals surface area contributed by atoms with Gasteiger partial charge in [-0.25, -0.2) is 9.78 Å². The molecular weight excluding hydrogens is 370 g/mol. The van der Waals surface area contributed by atoms with Crippen molar-refractivity contribution in [2.45, 2.75) is 17.6 Å². The summed E-state index contributed by atoms with van der Waals surface area (Å²) in [5, 5.41) is 0. The van der Waals surface area contributed by atoms with Crippen molar-refractivity contribution < 1.29 is 9.53 Å². The number of aryl methyl sites for hydroxylation is 1. The molecule has 0 saturated carbocycles.